The molecule has 4 N–H and O–H groups in total. The van der Waals surface area contributed by atoms with Crippen molar-refractivity contribution in [2.45, 2.75) is 37.8 Å². The van der Waals surface area contributed by atoms with Crippen molar-refractivity contribution < 1.29 is 9.59 Å². The molecule has 0 spiro atoms. The van der Waals surface area contributed by atoms with Crippen LogP contribution >= 0.6 is 0 Å². The van der Waals surface area contributed by atoms with Gasteiger partial charge in [-0.1, -0.05) is 30.3 Å². The van der Waals surface area contributed by atoms with E-state index in [1.807, 2.05) is 30.3 Å². The highest BCUT2D eigenvalue weighted by Gasteiger charge is 2.22. The number of nitrogens with one attached hydrogen (secondary N) is 2. The average molecular weight is 275 g/mol. The Labute approximate surface area is 118 Å². The van der Waals surface area contributed by atoms with E-state index in [4.69, 9.17) is 5.73 Å². The van der Waals surface area contributed by atoms with Gasteiger partial charge < -0.3 is 16.4 Å². The summed E-state index contributed by atoms with van der Waals surface area (Å²) in [5.74, 6) is -0.0917. The fourth-order valence-corrected chi connectivity index (χ4v) is 2.26. The zero-order chi connectivity index (χ0) is 14.4. The van der Waals surface area contributed by atoms with Crippen molar-refractivity contribution in [3.8, 4) is 0 Å². The van der Waals surface area contributed by atoms with E-state index in [1.165, 1.54) is 5.56 Å². The third-order valence-corrected chi connectivity index (χ3v) is 3.54. The molecule has 0 bridgehead atoms. The van der Waals surface area contributed by atoms with Gasteiger partial charge in [-0.15, -0.1) is 0 Å². The molecule has 2 rings (SSSR count). The third kappa shape index (κ3) is 4.35. The predicted molar refractivity (Wildman–Crippen MR) is 76.9 cm³/mol. The summed E-state index contributed by atoms with van der Waals surface area (Å²) in [6, 6.07) is 9.48. The van der Waals surface area contributed by atoms with Crippen LogP contribution in [-0.2, 0) is 16.0 Å². The van der Waals surface area contributed by atoms with Gasteiger partial charge in [0.2, 0.25) is 11.8 Å². The molecule has 20 heavy (non-hydrogen) atoms. The van der Waals surface area contributed by atoms with Crippen LogP contribution in [0, 0.1) is 0 Å². The minimum Gasteiger partial charge on any atom is -0.354 e. The number of nitrogens with two attached hydrogens (primary N) is 1. The second-order valence-electron chi connectivity index (χ2n) is 5.18. The maximum Gasteiger partial charge on any atom is 0.237 e. The van der Waals surface area contributed by atoms with E-state index in [-0.39, 0.29) is 17.9 Å². The molecular weight excluding hydrogens is 254 g/mol. The van der Waals surface area contributed by atoms with Gasteiger partial charge >= 0.3 is 0 Å². The van der Waals surface area contributed by atoms with Crippen molar-refractivity contribution >= 4 is 11.8 Å². The number of hydrogen-bond donors (Lipinski definition) is 3. The SMILES string of the molecule is N[C@@H](CCc1ccccc1)C(=O)NC1CCC(=O)NC1. The summed E-state index contributed by atoms with van der Waals surface area (Å²) >= 11 is 0. The van der Waals surface area contributed by atoms with Crippen LogP contribution in [0.1, 0.15) is 24.8 Å². The molecule has 2 amide bonds. The summed E-state index contributed by atoms with van der Waals surface area (Å²) in [6.07, 6.45) is 2.55. The summed E-state index contributed by atoms with van der Waals surface area (Å²) < 4.78 is 0. The van der Waals surface area contributed by atoms with E-state index in [9.17, 15) is 9.59 Å². The van der Waals surface area contributed by atoms with E-state index in [2.05, 4.69) is 10.6 Å². The molecule has 5 nitrogen and oxygen atoms in total. The molecule has 1 unspecified atom stereocenters. The number of rotatable bonds is 5. The van der Waals surface area contributed by atoms with Crippen molar-refractivity contribution in [1.29, 1.82) is 0 Å². The molecule has 1 aromatic rings. The molecule has 1 aliphatic rings. The standard InChI is InChI=1S/C15H21N3O2/c16-13(8-6-11-4-2-1-3-5-11)15(20)18-12-7-9-14(19)17-10-12/h1-5,12-13H,6-10,16H2,(H,17,19)(H,18,20)/t12?,13-/m0/s1. The van der Waals surface area contributed by atoms with Gasteiger partial charge in [-0.2, -0.15) is 0 Å². The summed E-state index contributed by atoms with van der Waals surface area (Å²) in [5.41, 5.74) is 7.09. The number of carbonyl (C=O) groups excluding carboxylic acids is 2. The van der Waals surface area contributed by atoms with Crippen LogP contribution in [0.2, 0.25) is 0 Å². The monoisotopic (exact) mass is 275 g/mol. The van der Waals surface area contributed by atoms with Crippen molar-refractivity contribution in [3.63, 3.8) is 0 Å². The van der Waals surface area contributed by atoms with Crippen molar-refractivity contribution in [1.82, 2.24) is 10.6 Å². The molecule has 1 fully saturated rings. The first-order valence-corrected chi connectivity index (χ1v) is 7.02. The number of benzene rings is 1. The molecule has 0 aliphatic carbocycles. The minimum atomic E-state index is -0.507. The number of aryl methyl sites for hydroxylation is 1. The highest BCUT2D eigenvalue weighted by Crippen LogP contribution is 2.06. The van der Waals surface area contributed by atoms with Gasteiger partial charge in [0, 0.05) is 19.0 Å². The topological polar surface area (TPSA) is 84.2 Å². The first kappa shape index (κ1) is 14.5. The Balaban J connectivity index is 1.73. The Morgan fingerprint density at radius 2 is 2.15 bits per heavy atom. The molecule has 0 radical (unpaired) electrons. The zero-order valence-corrected chi connectivity index (χ0v) is 11.5. The van der Waals surface area contributed by atoms with E-state index in [1.54, 1.807) is 0 Å². The molecular formula is C15H21N3O2. The molecule has 1 saturated heterocycles. The molecule has 1 aliphatic heterocycles. The van der Waals surface area contributed by atoms with Crippen LogP contribution < -0.4 is 16.4 Å². The minimum absolute atomic E-state index is 0.00275. The lowest BCUT2D eigenvalue weighted by Gasteiger charge is -2.24. The zero-order valence-electron chi connectivity index (χ0n) is 11.5. The summed E-state index contributed by atoms with van der Waals surface area (Å²) in [6.45, 7) is 0.496. The quantitative estimate of drug-likeness (QED) is 0.724. The van der Waals surface area contributed by atoms with E-state index in [0.29, 0.717) is 25.8 Å². The first-order chi connectivity index (χ1) is 9.65. The van der Waals surface area contributed by atoms with Gasteiger partial charge in [-0.25, -0.2) is 0 Å². The molecule has 1 aromatic carbocycles. The lowest BCUT2D eigenvalue weighted by atomic mass is 10.0. The summed E-state index contributed by atoms with van der Waals surface area (Å²) in [5, 5.41) is 5.64. The predicted octanol–water partition coefficient (Wildman–Crippen LogP) is 0.341. The smallest absolute Gasteiger partial charge is 0.237 e. The molecule has 0 saturated carbocycles. The second-order valence-corrected chi connectivity index (χ2v) is 5.18. The number of piperidine rings is 1. The Hall–Kier alpha value is -1.88. The van der Waals surface area contributed by atoms with Crippen molar-refractivity contribution in [3.05, 3.63) is 35.9 Å². The van der Waals surface area contributed by atoms with Gasteiger partial charge in [-0.05, 0) is 24.8 Å². The lowest BCUT2D eigenvalue weighted by Crippen LogP contribution is -2.52. The van der Waals surface area contributed by atoms with Crippen LogP contribution in [0.25, 0.3) is 0 Å². The maximum absolute atomic E-state index is 12.0. The average Bonchev–Trinajstić information content (AvgIpc) is 2.48. The molecule has 2 atom stereocenters. The Morgan fingerprint density at radius 3 is 2.80 bits per heavy atom. The summed E-state index contributed by atoms with van der Waals surface area (Å²) in [7, 11) is 0. The highest BCUT2D eigenvalue weighted by atomic mass is 16.2. The Kier molecular flexibility index (Phi) is 5.12. The van der Waals surface area contributed by atoms with E-state index >= 15 is 0 Å². The van der Waals surface area contributed by atoms with Gasteiger partial charge in [0.05, 0.1) is 6.04 Å². The van der Waals surface area contributed by atoms with E-state index in [0.717, 1.165) is 6.42 Å². The van der Waals surface area contributed by atoms with Gasteiger partial charge in [-0.3, -0.25) is 9.59 Å². The van der Waals surface area contributed by atoms with Crippen LogP contribution in [-0.4, -0.2) is 30.4 Å². The highest BCUT2D eigenvalue weighted by molar-refractivity contribution is 5.82. The number of carbonyl (C=O) groups is 2. The lowest BCUT2D eigenvalue weighted by molar-refractivity contribution is -0.126. The molecule has 108 valence electrons. The first-order valence-electron chi connectivity index (χ1n) is 7.02. The maximum atomic E-state index is 12.0. The van der Waals surface area contributed by atoms with Crippen molar-refractivity contribution in [2.75, 3.05) is 6.54 Å². The number of amides is 2. The molecule has 5 heteroatoms. The Bertz CT molecular complexity index is 451. The fourth-order valence-electron chi connectivity index (χ4n) is 2.26. The Morgan fingerprint density at radius 1 is 1.40 bits per heavy atom. The van der Waals surface area contributed by atoms with Crippen LogP contribution in [0.5, 0.6) is 0 Å². The van der Waals surface area contributed by atoms with E-state index < -0.39 is 6.04 Å². The molecule has 0 aromatic heterocycles. The van der Waals surface area contributed by atoms with Crippen molar-refractivity contribution in [2.24, 2.45) is 5.73 Å². The van der Waals surface area contributed by atoms with Gasteiger partial charge in [0.15, 0.2) is 0 Å². The van der Waals surface area contributed by atoms with Crippen LogP contribution in [0.3, 0.4) is 0 Å². The summed E-state index contributed by atoms with van der Waals surface area (Å²) in [4.78, 5) is 23.0. The number of hydrogen-bond acceptors (Lipinski definition) is 3. The van der Waals surface area contributed by atoms with Gasteiger partial charge in [0.25, 0.3) is 0 Å². The van der Waals surface area contributed by atoms with Crippen LogP contribution in [0.15, 0.2) is 30.3 Å². The van der Waals surface area contributed by atoms with Gasteiger partial charge in [0.1, 0.15) is 0 Å². The second kappa shape index (κ2) is 7.05. The fraction of sp³-hybridized carbons (Fsp3) is 0.467. The third-order valence-electron chi connectivity index (χ3n) is 3.54. The normalized spacial score (nSPS) is 20.1. The largest absolute Gasteiger partial charge is 0.354 e. The molecule has 1 heterocycles. The van der Waals surface area contributed by atoms with Crippen LogP contribution in [0.4, 0.5) is 0 Å².